The minimum atomic E-state index is -0.365. The number of methoxy groups -OCH3 is 2. The number of rotatable bonds is 2. The fourth-order valence-electron chi connectivity index (χ4n) is 1.64. The van der Waals surface area contributed by atoms with Crippen LogP contribution in [-0.2, 0) is 0 Å². The van der Waals surface area contributed by atoms with Gasteiger partial charge < -0.3 is 13.9 Å². The lowest BCUT2D eigenvalue weighted by Gasteiger charge is -2.08. The van der Waals surface area contributed by atoms with E-state index in [-0.39, 0.29) is 5.63 Å². The van der Waals surface area contributed by atoms with Gasteiger partial charge in [0.1, 0.15) is 5.76 Å². The topological polar surface area (TPSA) is 48.7 Å². The molecule has 4 heteroatoms. The molecule has 0 saturated heterocycles. The number of benzene rings is 1. The van der Waals surface area contributed by atoms with Crippen LogP contribution in [0.2, 0.25) is 0 Å². The van der Waals surface area contributed by atoms with Crippen molar-refractivity contribution < 1.29 is 13.9 Å². The maximum Gasteiger partial charge on any atom is 0.343 e. The summed E-state index contributed by atoms with van der Waals surface area (Å²) in [5.74, 6) is 1.69. The Hall–Kier alpha value is -1.97. The molecular formula is C12H12O4. The largest absolute Gasteiger partial charge is 0.493 e. The van der Waals surface area contributed by atoms with Gasteiger partial charge in [0.25, 0.3) is 0 Å². The van der Waals surface area contributed by atoms with Crippen LogP contribution in [0.5, 0.6) is 11.5 Å². The molecule has 0 bridgehead atoms. The third-order valence-corrected chi connectivity index (χ3v) is 2.39. The van der Waals surface area contributed by atoms with Crippen molar-refractivity contribution in [3.63, 3.8) is 0 Å². The van der Waals surface area contributed by atoms with Gasteiger partial charge in [0.2, 0.25) is 0 Å². The summed E-state index contributed by atoms with van der Waals surface area (Å²) >= 11 is 0. The highest BCUT2D eigenvalue weighted by Gasteiger charge is 2.09. The van der Waals surface area contributed by atoms with E-state index in [1.807, 2.05) is 0 Å². The van der Waals surface area contributed by atoms with Gasteiger partial charge >= 0.3 is 5.63 Å². The third kappa shape index (κ3) is 1.62. The van der Waals surface area contributed by atoms with E-state index in [4.69, 9.17) is 13.9 Å². The Morgan fingerprint density at radius 1 is 1.06 bits per heavy atom. The quantitative estimate of drug-likeness (QED) is 0.777. The molecule has 0 radical (unpaired) electrons. The molecule has 0 aliphatic heterocycles. The minimum Gasteiger partial charge on any atom is -0.493 e. The van der Waals surface area contributed by atoms with E-state index in [0.29, 0.717) is 22.6 Å². The summed E-state index contributed by atoms with van der Waals surface area (Å²) in [5.41, 5.74) is -0.365. The molecule has 2 aromatic rings. The first-order chi connectivity index (χ1) is 7.65. The molecule has 0 saturated carbocycles. The van der Waals surface area contributed by atoms with Crippen LogP contribution in [0, 0.1) is 6.92 Å². The smallest absolute Gasteiger partial charge is 0.343 e. The predicted octanol–water partition coefficient (Wildman–Crippen LogP) is 2.12. The van der Waals surface area contributed by atoms with Crippen LogP contribution in [0.3, 0.4) is 0 Å². The second-order valence-corrected chi connectivity index (χ2v) is 3.44. The van der Waals surface area contributed by atoms with Gasteiger partial charge in [-0.3, -0.25) is 0 Å². The zero-order valence-corrected chi connectivity index (χ0v) is 9.37. The minimum absolute atomic E-state index is 0.365. The fourth-order valence-corrected chi connectivity index (χ4v) is 1.64. The SMILES string of the molecule is COc1cc2cc(C)oc(=O)c2cc1OC. The average Bonchev–Trinajstić information content (AvgIpc) is 2.27. The Kier molecular flexibility index (Phi) is 2.56. The summed E-state index contributed by atoms with van der Waals surface area (Å²) in [6.45, 7) is 1.73. The third-order valence-electron chi connectivity index (χ3n) is 2.39. The molecule has 0 unspecified atom stereocenters. The van der Waals surface area contributed by atoms with Crippen molar-refractivity contribution in [2.75, 3.05) is 14.2 Å². The molecule has 16 heavy (non-hydrogen) atoms. The van der Waals surface area contributed by atoms with Gasteiger partial charge in [-0.2, -0.15) is 0 Å². The standard InChI is InChI=1S/C12H12O4/c1-7-4-8-5-10(14-2)11(15-3)6-9(8)12(13)16-7/h4-6H,1-3H3. The predicted molar refractivity (Wildman–Crippen MR) is 60.3 cm³/mol. The van der Waals surface area contributed by atoms with Crippen molar-refractivity contribution in [3.8, 4) is 11.5 Å². The summed E-state index contributed by atoms with van der Waals surface area (Å²) in [6.07, 6.45) is 0. The number of ether oxygens (including phenoxy) is 2. The van der Waals surface area contributed by atoms with Crippen molar-refractivity contribution >= 4 is 10.8 Å². The molecule has 1 heterocycles. The van der Waals surface area contributed by atoms with Gasteiger partial charge in [0.05, 0.1) is 19.6 Å². The maximum atomic E-state index is 11.6. The van der Waals surface area contributed by atoms with Gasteiger partial charge in [-0.15, -0.1) is 0 Å². The van der Waals surface area contributed by atoms with E-state index in [2.05, 4.69) is 0 Å². The second kappa shape index (κ2) is 3.89. The van der Waals surface area contributed by atoms with Gasteiger partial charge in [-0.1, -0.05) is 0 Å². The molecule has 2 rings (SSSR count). The molecule has 0 fully saturated rings. The lowest BCUT2D eigenvalue weighted by Crippen LogP contribution is -2.01. The summed E-state index contributed by atoms with van der Waals surface area (Å²) in [6, 6.07) is 5.18. The maximum absolute atomic E-state index is 11.6. The van der Waals surface area contributed by atoms with E-state index in [1.165, 1.54) is 7.11 Å². The van der Waals surface area contributed by atoms with Crippen LogP contribution in [-0.4, -0.2) is 14.2 Å². The van der Waals surface area contributed by atoms with Gasteiger partial charge in [0, 0.05) is 0 Å². The first kappa shape index (κ1) is 10.5. The lowest BCUT2D eigenvalue weighted by molar-refractivity contribution is 0.355. The molecule has 1 aromatic heterocycles. The van der Waals surface area contributed by atoms with Crippen molar-refractivity contribution in [1.82, 2.24) is 0 Å². The van der Waals surface area contributed by atoms with E-state index >= 15 is 0 Å². The Balaban J connectivity index is 2.83. The second-order valence-electron chi connectivity index (χ2n) is 3.44. The highest BCUT2D eigenvalue weighted by atomic mass is 16.5. The van der Waals surface area contributed by atoms with Gasteiger partial charge in [0.15, 0.2) is 11.5 Å². The molecule has 1 aromatic carbocycles. The molecule has 0 N–H and O–H groups in total. The van der Waals surface area contributed by atoms with Crippen LogP contribution in [0.1, 0.15) is 5.76 Å². The Morgan fingerprint density at radius 3 is 2.31 bits per heavy atom. The molecule has 0 aliphatic carbocycles. The summed E-state index contributed by atoms with van der Waals surface area (Å²) in [5, 5.41) is 1.27. The zero-order valence-electron chi connectivity index (χ0n) is 9.37. The fraction of sp³-hybridized carbons (Fsp3) is 0.250. The summed E-state index contributed by atoms with van der Waals surface area (Å²) < 4.78 is 15.3. The molecule has 4 nitrogen and oxygen atoms in total. The number of hydrogen-bond donors (Lipinski definition) is 0. The summed E-state index contributed by atoms with van der Waals surface area (Å²) in [4.78, 5) is 11.6. The molecule has 0 aliphatic rings. The van der Waals surface area contributed by atoms with Gasteiger partial charge in [-0.05, 0) is 30.5 Å². The zero-order chi connectivity index (χ0) is 11.7. The molecule has 0 atom stereocenters. The molecule has 0 amide bonds. The van der Waals surface area contributed by atoms with Crippen LogP contribution in [0.15, 0.2) is 27.4 Å². The van der Waals surface area contributed by atoms with E-state index in [9.17, 15) is 4.79 Å². The van der Waals surface area contributed by atoms with Crippen LogP contribution < -0.4 is 15.1 Å². The van der Waals surface area contributed by atoms with Crippen molar-refractivity contribution in [1.29, 1.82) is 0 Å². The molecular weight excluding hydrogens is 208 g/mol. The Labute approximate surface area is 92.4 Å². The van der Waals surface area contributed by atoms with Crippen LogP contribution in [0.4, 0.5) is 0 Å². The highest BCUT2D eigenvalue weighted by molar-refractivity contribution is 5.85. The Morgan fingerprint density at radius 2 is 1.69 bits per heavy atom. The van der Waals surface area contributed by atoms with Crippen molar-refractivity contribution in [2.24, 2.45) is 0 Å². The monoisotopic (exact) mass is 220 g/mol. The normalized spacial score (nSPS) is 10.4. The number of fused-ring (bicyclic) bond motifs is 1. The van der Waals surface area contributed by atoms with Crippen molar-refractivity contribution in [3.05, 3.63) is 34.4 Å². The van der Waals surface area contributed by atoms with Gasteiger partial charge in [-0.25, -0.2) is 4.79 Å². The first-order valence-electron chi connectivity index (χ1n) is 4.82. The summed E-state index contributed by atoms with van der Waals surface area (Å²) in [7, 11) is 3.08. The average molecular weight is 220 g/mol. The number of aryl methyl sites for hydroxylation is 1. The van der Waals surface area contributed by atoms with E-state index in [0.717, 1.165) is 5.39 Å². The molecule has 0 spiro atoms. The van der Waals surface area contributed by atoms with E-state index in [1.54, 1.807) is 32.2 Å². The van der Waals surface area contributed by atoms with E-state index < -0.39 is 0 Å². The van der Waals surface area contributed by atoms with Crippen LogP contribution in [0.25, 0.3) is 10.8 Å². The highest BCUT2D eigenvalue weighted by Crippen LogP contribution is 2.30. The lowest BCUT2D eigenvalue weighted by atomic mass is 10.1. The first-order valence-corrected chi connectivity index (χ1v) is 4.82. The molecule has 84 valence electrons. The van der Waals surface area contributed by atoms with Crippen molar-refractivity contribution in [2.45, 2.75) is 6.92 Å². The van der Waals surface area contributed by atoms with Crippen LogP contribution >= 0.6 is 0 Å². The number of hydrogen-bond acceptors (Lipinski definition) is 4. The Bertz CT molecular complexity index is 583.